The predicted molar refractivity (Wildman–Crippen MR) is 70.5 cm³/mol. The first-order chi connectivity index (χ1) is 8.94. The van der Waals surface area contributed by atoms with E-state index >= 15 is 0 Å². The average Bonchev–Trinajstić information content (AvgIpc) is 2.83. The molecule has 1 aliphatic carbocycles. The van der Waals surface area contributed by atoms with E-state index in [0.717, 1.165) is 12.8 Å². The van der Waals surface area contributed by atoms with Gasteiger partial charge < -0.3 is 9.84 Å². The van der Waals surface area contributed by atoms with Gasteiger partial charge >= 0.3 is 5.97 Å². The van der Waals surface area contributed by atoms with Crippen molar-refractivity contribution in [2.75, 3.05) is 7.11 Å². The second kappa shape index (κ2) is 5.00. The highest BCUT2D eigenvalue weighted by Gasteiger charge is 2.47. The summed E-state index contributed by atoms with van der Waals surface area (Å²) in [5.41, 5.74) is -0.466. The summed E-state index contributed by atoms with van der Waals surface area (Å²) in [4.78, 5) is 11.7. The van der Waals surface area contributed by atoms with Crippen LogP contribution in [-0.2, 0) is 10.2 Å². The van der Waals surface area contributed by atoms with Crippen LogP contribution < -0.4 is 4.74 Å². The molecule has 0 aliphatic heterocycles. The average molecular weight is 287 g/mol. The number of halogens is 2. The fourth-order valence-corrected chi connectivity index (χ4v) is 3.23. The molecule has 1 aromatic carbocycles. The molecule has 0 heterocycles. The zero-order valence-corrected chi connectivity index (χ0v) is 11.7. The van der Waals surface area contributed by atoms with Crippen molar-refractivity contribution in [2.24, 2.45) is 0 Å². The van der Waals surface area contributed by atoms with Gasteiger partial charge in [0.15, 0.2) is 0 Å². The lowest BCUT2D eigenvalue weighted by Gasteiger charge is -2.28. The van der Waals surface area contributed by atoms with Crippen LogP contribution in [0.3, 0.4) is 0 Å². The van der Waals surface area contributed by atoms with E-state index in [1.807, 2.05) is 0 Å². The van der Waals surface area contributed by atoms with Gasteiger partial charge in [0.05, 0.1) is 17.5 Å². The maximum atomic E-state index is 14.4. The molecular formula is C14H16ClFO3. The highest BCUT2D eigenvalue weighted by Crippen LogP contribution is 2.48. The van der Waals surface area contributed by atoms with Crippen LogP contribution in [0.2, 0.25) is 5.02 Å². The molecule has 3 nitrogen and oxygen atoms in total. The molecule has 0 unspecified atom stereocenters. The summed E-state index contributed by atoms with van der Waals surface area (Å²) in [5, 5.41) is 9.52. The molecule has 0 amide bonds. The van der Waals surface area contributed by atoms with Gasteiger partial charge in [-0.1, -0.05) is 24.4 Å². The summed E-state index contributed by atoms with van der Waals surface area (Å²) in [5.74, 6) is -1.39. The van der Waals surface area contributed by atoms with E-state index in [0.29, 0.717) is 24.2 Å². The number of rotatable bonds is 3. The van der Waals surface area contributed by atoms with Crippen LogP contribution in [0.5, 0.6) is 5.75 Å². The Labute approximate surface area is 116 Å². The van der Waals surface area contributed by atoms with Crippen LogP contribution in [0.15, 0.2) is 6.07 Å². The Morgan fingerprint density at radius 1 is 1.47 bits per heavy atom. The van der Waals surface area contributed by atoms with E-state index in [-0.39, 0.29) is 10.6 Å². The zero-order chi connectivity index (χ0) is 14.2. The summed E-state index contributed by atoms with van der Waals surface area (Å²) in [6.07, 6.45) is 2.35. The van der Waals surface area contributed by atoms with Gasteiger partial charge in [0.2, 0.25) is 0 Å². The molecule has 104 valence electrons. The molecule has 1 N–H and O–H groups in total. The molecule has 0 spiro atoms. The molecule has 0 atom stereocenters. The number of ether oxygens (including phenoxy) is 1. The number of carbonyl (C=O) groups is 1. The lowest BCUT2D eigenvalue weighted by molar-refractivity contribution is -0.143. The summed E-state index contributed by atoms with van der Waals surface area (Å²) in [7, 11) is 1.42. The van der Waals surface area contributed by atoms with Gasteiger partial charge in [-0.05, 0) is 31.4 Å². The van der Waals surface area contributed by atoms with Crippen LogP contribution in [0, 0.1) is 12.7 Å². The SMILES string of the molecule is COc1c(C)cc(Cl)c(F)c1C1(C(=O)O)CCCC1. The van der Waals surface area contributed by atoms with Crippen molar-refractivity contribution in [1.82, 2.24) is 0 Å². The van der Waals surface area contributed by atoms with Crippen molar-refractivity contribution in [1.29, 1.82) is 0 Å². The third-order valence-electron chi connectivity index (χ3n) is 3.91. The molecule has 0 aromatic heterocycles. The van der Waals surface area contributed by atoms with E-state index in [1.165, 1.54) is 13.2 Å². The molecule has 0 saturated heterocycles. The standard InChI is InChI=1S/C14H16ClFO3/c1-8-7-9(15)11(16)10(12(8)19-2)14(13(17)18)5-3-4-6-14/h7H,3-6H2,1-2H3,(H,17,18). The van der Waals surface area contributed by atoms with Crippen molar-refractivity contribution < 1.29 is 19.0 Å². The Morgan fingerprint density at radius 3 is 2.53 bits per heavy atom. The number of methoxy groups -OCH3 is 1. The molecule has 2 rings (SSSR count). The van der Waals surface area contributed by atoms with Crippen molar-refractivity contribution >= 4 is 17.6 Å². The molecule has 1 fully saturated rings. The second-order valence-electron chi connectivity index (χ2n) is 4.99. The fourth-order valence-electron chi connectivity index (χ4n) is 2.98. The van der Waals surface area contributed by atoms with Crippen molar-refractivity contribution in [3.8, 4) is 5.75 Å². The number of aryl methyl sites for hydroxylation is 1. The van der Waals surface area contributed by atoms with Gasteiger partial charge in [-0.2, -0.15) is 0 Å². The van der Waals surface area contributed by atoms with Crippen LogP contribution in [0.25, 0.3) is 0 Å². The first kappa shape index (κ1) is 14.1. The lowest BCUT2D eigenvalue weighted by atomic mass is 9.77. The summed E-state index contributed by atoms with van der Waals surface area (Å²) in [6, 6.07) is 1.46. The third-order valence-corrected chi connectivity index (χ3v) is 4.18. The number of carboxylic acids is 1. The maximum absolute atomic E-state index is 14.4. The van der Waals surface area contributed by atoms with Gasteiger partial charge in [-0.15, -0.1) is 0 Å². The fraction of sp³-hybridized carbons (Fsp3) is 0.500. The van der Waals surface area contributed by atoms with Gasteiger partial charge in [0.25, 0.3) is 0 Å². The van der Waals surface area contributed by atoms with E-state index < -0.39 is 17.2 Å². The largest absolute Gasteiger partial charge is 0.496 e. The molecule has 1 saturated carbocycles. The molecular weight excluding hydrogens is 271 g/mol. The van der Waals surface area contributed by atoms with Crippen LogP contribution in [0.1, 0.15) is 36.8 Å². The van der Waals surface area contributed by atoms with Gasteiger partial charge in [-0.25, -0.2) is 4.39 Å². The normalized spacial score (nSPS) is 17.5. The minimum atomic E-state index is -1.22. The molecule has 0 bridgehead atoms. The van der Waals surface area contributed by atoms with Crippen LogP contribution in [-0.4, -0.2) is 18.2 Å². The van der Waals surface area contributed by atoms with Gasteiger partial charge in [0, 0.05) is 5.56 Å². The second-order valence-corrected chi connectivity index (χ2v) is 5.40. The summed E-state index contributed by atoms with van der Waals surface area (Å²) >= 11 is 5.87. The lowest BCUT2D eigenvalue weighted by Crippen LogP contribution is -2.34. The van der Waals surface area contributed by atoms with Crippen LogP contribution >= 0.6 is 11.6 Å². The minimum absolute atomic E-state index is 0.0548. The molecule has 5 heteroatoms. The highest BCUT2D eigenvalue weighted by atomic mass is 35.5. The van der Waals surface area contributed by atoms with E-state index in [2.05, 4.69) is 0 Å². The highest BCUT2D eigenvalue weighted by molar-refractivity contribution is 6.31. The number of aliphatic carboxylic acids is 1. The third kappa shape index (κ3) is 2.08. The Kier molecular flexibility index (Phi) is 3.72. The Bertz CT molecular complexity index is 522. The number of hydrogen-bond acceptors (Lipinski definition) is 2. The minimum Gasteiger partial charge on any atom is -0.496 e. The smallest absolute Gasteiger partial charge is 0.314 e. The Morgan fingerprint density at radius 2 is 2.05 bits per heavy atom. The van der Waals surface area contributed by atoms with Crippen LogP contribution in [0.4, 0.5) is 4.39 Å². The maximum Gasteiger partial charge on any atom is 0.314 e. The Balaban J connectivity index is 2.76. The summed E-state index contributed by atoms with van der Waals surface area (Å²) in [6.45, 7) is 1.73. The molecule has 19 heavy (non-hydrogen) atoms. The predicted octanol–water partition coefficient (Wildman–Crippen LogP) is 3.69. The summed E-state index contributed by atoms with van der Waals surface area (Å²) < 4.78 is 19.6. The zero-order valence-electron chi connectivity index (χ0n) is 10.9. The number of benzene rings is 1. The molecule has 1 aliphatic rings. The molecule has 0 radical (unpaired) electrons. The van der Waals surface area contributed by atoms with Gasteiger partial charge in [-0.3, -0.25) is 4.79 Å². The first-order valence-corrected chi connectivity index (χ1v) is 6.58. The van der Waals surface area contributed by atoms with Crippen molar-refractivity contribution in [2.45, 2.75) is 38.0 Å². The quantitative estimate of drug-likeness (QED) is 0.922. The number of hydrogen-bond donors (Lipinski definition) is 1. The topological polar surface area (TPSA) is 46.5 Å². The number of carboxylic acid groups (broad SMARTS) is 1. The Hall–Kier alpha value is -1.29. The molecule has 1 aromatic rings. The van der Waals surface area contributed by atoms with Crippen molar-refractivity contribution in [3.63, 3.8) is 0 Å². The van der Waals surface area contributed by atoms with Crippen molar-refractivity contribution in [3.05, 3.63) is 28.0 Å². The van der Waals surface area contributed by atoms with E-state index in [4.69, 9.17) is 16.3 Å². The van der Waals surface area contributed by atoms with Gasteiger partial charge in [0.1, 0.15) is 11.6 Å². The monoisotopic (exact) mass is 286 g/mol. The van der Waals surface area contributed by atoms with E-state index in [1.54, 1.807) is 6.92 Å². The first-order valence-electron chi connectivity index (χ1n) is 6.20. The van der Waals surface area contributed by atoms with E-state index in [9.17, 15) is 14.3 Å².